The number of rotatable bonds is 4. The molecule has 2 rings (SSSR count). The van der Waals surface area contributed by atoms with Gasteiger partial charge in [0, 0.05) is 57.1 Å². The highest BCUT2D eigenvalue weighted by atomic mass is 32.2. The minimum Gasteiger partial charge on any atom is -0.381 e. The molecule has 0 saturated carbocycles. The van der Waals surface area contributed by atoms with Crippen molar-refractivity contribution in [1.82, 2.24) is 9.80 Å². The first-order valence-corrected chi connectivity index (χ1v) is 8.71. The Morgan fingerprint density at radius 1 is 1.26 bits per heavy atom. The fourth-order valence-electron chi connectivity index (χ4n) is 2.99. The SMILES string of the molecule is CSCC(C)C(=O)N1CCN(C2CCOCC2)CC1. The summed E-state index contributed by atoms with van der Waals surface area (Å²) in [5.41, 5.74) is 0. The van der Waals surface area contributed by atoms with Crippen LogP contribution in [0.3, 0.4) is 0 Å². The van der Waals surface area contributed by atoms with E-state index in [2.05, 4.69) is 16.1 Å². The molecule has 0 bridgehead atoms. The van der Waals surface area contributed by atoms with E-state index in [0.717, 1.165) is 58.0 Å². The number of carbonyl (C=O) groups excluding carboxylic acids is 1. The smallest absolute Gasteiger partial charge is 0.226 e. The van der Waals surface area contributed by atoms with Crippen molar-refractivity contribution in [2.75, 3.05) is 51.4 Å². The van der Waals surface area contributed by atoms with Gasteiger partial charge in [0.1, 0.15) is 0 Å². The zero-order valence-electron chi connectivity index (χ0n) is 12.1. The number of carbonyl (C=O) groups is 1. The zero-order valence-corrected chi connectivity index (χ0v) is 13.0. The molecule has 0 radical (unpaired) electrons. The van der Waals surface area contributed by atoms with E-state index in [1.807, 2.05) is 6.92 Å². The van der Waals surface area contributed by atoms with Crippen molar-refractivity contribution in [3.63, 3.8) is 0 Å². The number of nitrogens with zero attached hydrogens (tertiary/aromatic N) is 2. The normalized spacial score (nSPS) is 24.4. The van der Waals surface area contributed by atoms with Crippen LogP contribution in [0, 0.1) is 5.92 Å². The molecule has 2 aliphatic heterocycles. The van der Waals surface area contributed by atoms with Gasteiger partial charge in [0.05, 0.1) is 0 Å². The summed E-state index contributed by atoms with van der Waals surface area (Å²) in [5.74, 6) is 1.42. The van der Waals surface area contributed by atoms with E-state index in [4.69, 9.17) is 4.74 Å². The summed E-state index contributed by atoms with van der Waals surface area (Å²) >= 11 is 1.75. The first-order valence-electron chi connectivity index (χ1n) is 7.32. The number of amides is 1. The Morgan fingerprint density at radius 2 is 1.89 bits per heavy atom. The molecule has 5 heteroatoms. The summed E-state index contributed by atoms with van der Waals surface area (Å²) in [5, 5.41) is 0. The Balaban J connectivity index is 1.76. The molecule has 2 heterocycles. The number of thioether (sulfide) groups is 1. The van der Waals surface area contributed by atoms with Crippen LogP contribution in [0.25, 0.3) is 0 Å². The van der Waals surface area contributed by atoms with Crippen molar-refractivity contribution in [1.29, 1.82) is 0 Å². The Bertz CT molecular complexity index is 287. The lowest BCUT2D eigenvalue weighted by atomic mass is 10.1. The molecule has 4 nitrogen and oxygen atoms in total. The topological polar surface area (TPSA) is 32.8 Å². The predicted octanol–water partition coefficient (Wildman–Crippen LogP) is 1.31. The molecular formula is C14H26N2O2S. The molecule has 2 saturated heterocycles. The van der Waals surface area contributed by atoms with Gasteiger partial charge in [-0.1, -0.05) is 6.92 Å². The number of piperazine rings is 1. The highest BCUT2D eigenvalue weighted by Crippen LogP contribution is 2.18. The molecule has 1 unspecified atom stereocenters. The van der Waals surface area contributed by atoms with E-state index in [0.29, 0.717) is 11.9 Å². The van der Waals surface area contributed by atoms with Crippen LogP contribution >= 0.6 is 11.8 Å². The Kier molecular flexibility index (Phi) is 5.98. The van der Waals surface area contributed by atoms with Crippen LogP contribution < -0.4 is 0 Å². The van der Waals surface area contributed by atoms with Gasteiger partial charge in [0.2, 0.25) is 5.91 Å². The molecule has 2 aliphatic rings. The second-order valence-corrected chi connectivity index (χ2v) is 6.47. The standard InChI is InChI=1S/C14H26N2O2S/c1-12(11-19-2)14(17)16-7-5-15(6-8-16)13-3-9-18-10-4-13/h12-13H,3-11H2,1-2H3. The molecule has 1 atom stereocenters. The molecule has 0 aromatic rings. The van der Waals surface area contributed by atoms with Gasteiger partial charge in [-0.25, -0.2) is 0 Å². The Labute approximate surface area is 120 Å². The number of ether oxygens (including phenoxy) is 1. The molecule has 19 heavy (non-hydrogen) atoms. The lowest BCUT2D eigenvalue weighted by Crippen LogP contribution is -2.54. The van der Waals surface area contributed by atoms with Crippen LogP contribution in [-0.4, -0.2) is 73.2 Å². The summed E-state index contributed by atoms with van der Waals surface area (Å²) in [7, 11) is 0. The van der Waals surface area contributed by atoms with Gasteiger partial charge < -0.3 is 9.64 Å². The molecule has 0 aliphatic carbocycles. The lowest BCUT2D eigenvalue weighted by Gasteiger charge is -2.41. The quantitative estimate of drug-likeness (QED) is 0.780. The van der Waals surface area contributed by atoms with E-state index >= 15 is 0 Å². The monoisotopic (exact) mass is 286 g/mol. The first kappa shape index (κ1) is 15.1. The summed E-state index contributed by atoms with van der Waals surface area (Å²) in [4.78, 5) is 16.8. The van der Waals surface area contributed by atoms with Crippen LogP contribution in [-0.2, 0) is 9.53 Å². The van der Waals surface area contributed by atoms with Gasteiger partial charge in [-0.15, -0.1) is 0 Å². The minimum absolute atomic E-state index is 0.157. The average Bonchev–Trinajstić information content (AvgIpc) is 2.48. The van der Waals surface area contributed by atoms with Gasteiger partial charge in [-0.2, -0.15) is 11.8 Å². The van der Waals surface area contributed by atoms with Gasteiger partial charge >= 0.3 is 0 Å². The van der Waals surface area contributed by atoms with Crippen molar-refractivity contribution >= 4 is 17.7 Å². The average molecular weight is 286 g/mol. The highest BCUT2D eigenvalue weighted by molar-refractivity contribution is 7.98. The largest absolute Gasteiger partial charge is 0.381 e. The lowest BCUT2D eigenvalue weighted by molar-refractivity contribution is -0.136. The van der Waals surface area contributed by atoms with E-state index in [-0.39, 0.29) is 5.92 Å². The van der Waals surface area contributed by atoms with E-state index in [1.165, 1.54) is 0 Å². The molecule has 0 spiro atoms. The van der Waals surface area contributed by atoms with Gasteiger partial charge in [0.15, 0.2) is 0 Å². The molecule has 110 valence electrons. The first-order chi connectivity index (χ1) is 9.22. The molecule has 0 N–H and O–H groups in total. The number of hydrogen-bond donors (Lipinski definition) is 0. The second-order valence-electron chi connectivity index (χ2n) is 5.56. The predicted molar refractivity (Wildman–Crippen MR) is 79.5 cm³/mol. The molecular weight excluding hydrogens is 260 g/mol. The van der Waals surface area contributed by atoms with E-state index < -0.39 is 0 Å². The van der Waals surface area contributed by atoms with E-state index in [9.17, 15) is 4.79 Å². The molecule has 0 aromatic carbocycles. The summed E-state index contributed by atoms with van der Waals surface area (Å²) < 4.78 is 5.41. The highest BCUT2D eigenvalue weighted by Gasteiger charge is 2.28. The maximum atomic E-state index is 12.2. The van der Waals surface area contributed by atoms with E-state index in [1.54, 1.807) is 11.8 Å². The summed E-state index contributed by atoms with van der Waals surface area (Å²) in [6.07, 6.45) is 4.36. The third-order valence-electron chi connectivity index (χ3n) is 4.17. The fraction of sp³-hybridized carbons (Fsp3) is 0.929. The van der Waals surface area contributed by atoms with Crippen LogP contribution in [0.1, 0.15) is 19.8 Å². The minimum atomic E-state index is 0.157. The van der Waals surface area contributed by atoms with Crippen molar-refractivity contribution < 1.29 is 9.53 Å². The van der Waals surface area contributed by atoms with Gasteiger partial charge in [-0.05, 0) is 19.1 Å². The molecule has 2 fully saturated rings. The van der Waals surface area contributed by atoms with Gasteiger partial charge in [-0.3, -0.25) is 9.69 Å². The third-order valence-corrected chi connectivity index (χ3v) is 5.00. The molecule has 1 amide bonds. The summed E-state index contributed by atoms with van der Waals surface area (Å²) in [6.45, 7) is 7.70. The Hall–Kier alpha value is -0.260. The number of hydrogen-bond acceptors (Lipinski definition) is 4. The van der Waals surface area contributed by atoms with Crippen LogP contribution in [0.5, 0.6) is 0 Å². The van der Waals surface area contributed by atoms with Gasteiger partial charge in [0.25, 0.3) is 0 Å². The third kappa shape index (κ3) is 4.10. The van der Waals surface area contributed by atoms with Crippen molar-refractivity contribution in [2.24, 2.45) is 5.92 Å². The maximum absolute atomic E-state index is 12.2. The van der Waals surface area contributed by atoms with Crippen molar-refractivity contribution in [2.45, 2.75) is 25.8 Å². The Morgan fingerprint density at radius 3 is 2.47 bits per heavy atom. The zero-order chi connectivity index (χ0) is 13.7. The van der Waals surface area contributed by atoms with Crippen LogP contribution in [0.2, 0.25) is 0 Å². The van der Waals surface area contributed by atoms with Crippen LogP contribution in [0.15, 0.2) is 0 Å². The fourth-order valence-corrected chi connectivity index (χ4v) is 3.63. The maximum Gasteiger partial charge on any atom is 0.226 e. The second kappa shape index (κ2) is 7.50. The van der Waals surface area contributed by atoms with Crippen molar-refractivity contribution in [3.8, 4) is 0 Å². The summed E-state index contributed by atoms with van der Waals surface area (Å²) in [6, 6.07) is 0.676. The van der Waals surface area contributed by atoms with Crippen LogP contribution in [0.4, 0.5) is 0 Å². The van der Waals surface area contributed by atoms with Crippen molar-refractivity contribution in [3.05, 3.63) is 0 Å². The molecule has 0 aromatic heterocycles.